The van der Waals surface area contributed by atoms with Gasteiger partial charge < -0.3 is 4.98 Å². The summed E-state index contributed by atoms with van der Waals surface area (Å²) >= 11 is 0. The molecule has 0 saturated carbocycles. The van der Waals surface area contributed by atoms with E-state index in [-0.39, 0.29) is 16.8 Å². The summed E-state index contributed by atoms with van der Waals surface area (Å²) in [7, 11) is 0. The maximum Gasteiger partial charge on any atom is 0.416 e. The third kappa shape index (κ3) is 3.22. The SMILES string of the molecule is CCc1cn(-c2cccc(F)c2-c2ccc(C(F)(F)F)cc2)c(=O)[nH]1. The fourth-order valence-corrected chi connectivity index (χ4v) is 2.63. The average molecular weight is 350 g/mol. The number of aryl methyl sites for hydroxylation is 1. The van der Waals surface area contributed by atoms with Gasteiger partial charge in [0.05, 0.1) is 11.3 Å². The minimum atomic E-state index is -4.47. The van der Waals surface area contributed by atoms with Gasteiger partial charge in [-0.1, -0.05) is 25.1 Å². The standard InChI is InChI=1S/C18H14F4N2O/c1-2-13-10-24(17(25)23-13)15-5-3-4-14(19)16(15)11-6-8-12(9-7-11)18(20,21)22/h3-10H,2H2,1H3,(H,23,25). The van der Waals surface area contributed by atoms with Crippen molar-refractivity contribution in [3.8, 4) is 16.8 Å². The molecule has 0 saturated heterocycles. The largest absolute Gasteiger partial charge is 0.416 e. The van der Waals surface area contributed by atoms with E-state index in [0.717, 1.165) is 12.1 Å². The Hall–Kier alpha value is -2.83. The summed E-state index contributed by atoms with van der Waals surface area (Å²) in [4.78, 5) is 14.8. The van der Waals surface area contributed by atoms with Crippen molar-refractivity contribution in [3.63, 3.8) is 0 Å². The molecule has 0 radical (unpaired) electrons. The lowest BCUT2D eigenvalue weighted by atomic mass is 10.0. The summed E-state index contributed by atoms with van der Waals surface area (Å²) in [5, 5.41) is 0. The molecule has 1 heterocycles. The molecule has 3 aromatic rings. The highest BCUT2D eigenvalue weighted by Crippen LogP contribution is 2.33. The first-order valence-electron chi connectivity index (χ1n) is 7.58. The summed E-state index contributed by atoms with van der Waals surface area (Å²) in [5.41, 5.74) is 0.0115. The molecule has 2 aromatic carbocycles. The van der Waals surface area contributed by atoms with Crippen LogP contribution in [0.25, 0.3) is 16.8 Å². The van der Waals surface area contributed by atoms with E-state index in [1.807, 2.05) is 6.92 Å². The van der Waals surface area contributed by atoms with Gasteiger partial charge >= 0.3 is 11.9 Å². The summed E-state index contributed by atoms with van der Waals surface area (Å²) < 4.78 is 53.8. The van der Waals surface area contributed by atoms with Crippen LogP contribution in [0.3, 0.4) is 0 Å². The monoisotopic (exact) mass is 350 g/mol. The molecular formula is C18H14F4N2O. The number of rotatable bonds is 3. The van der Waals surface area contributed by atoms with Crippen molar-refractivity contribution in [2.45, 2.75) is 19.5 Å². The second-order valence-corrected chi connectivity index (χ2v) is 5.52. The molecule has 0 amide bonds. The molecular weight excluding hydrogens is 336 g/mol. The van der Waals surface area contributed by atoms with Crippen molar-refractivity contribution in [1.82, 2.24) is 9.55 Å². The van der Waals surface area contributed by atoms with E-state index in [2.05, 4.69) is 4.98 Å². The number of benzene rings is 2. The molecule has 0 aliphatic carbocycles. The summed E-state index contributed by atoms with van der Waals surface area (Å²) in [5.74, 6) is -0.622. The highest BCUT2D eigenvalue weighted by Gasteiger charge is 2.30. The minimum absolute atomic E-state index is 0.0694. The minimum Gasteiger partial charge on any atom is -0.310 e. The maximum atomic E-state index is 14.4. The molecule has 3 rings (SSSR count). The Kier molecular flexibility index (Phi) is 4.24. The van der Waals surface area contributed by atoms with Crippen LogP contribution in [0.4, 0.5) is 17.6 Å². The van der Waals surface area contributed by atoms with Crippen LogP contribution in [0, 0.1) is 5.82 Å². The highest BCUT2D eigenvalue weighted by molar-refractivity contribution is 5.74. The van der Waals surface area contributed by atoms with Crippen molar-refractivity contribution >= 4 is 0 Å². The lowest BCUT2D eigenvalue weighted by Crippen LogP contribution is -2.15. The molecule has 0 unspecified atom stereocenters. The molecule has 0 fully saturated rings. The Morgan fingerprint density at radius 1 is 1.08 bits per heavy atom. The predicted octanol–water partition coefficient (Wildman–Crippen LogP) is 4.55. The predicted molar refractivity (Wildman–Crippen MR) is 86.2 cm³/mol. The fourth-order valence-electron chi connectivity index (χ4n) is 2.63. The van der Waals surface area contributed by atoms with Crippen LogP contribution < -0.4 is 5.69 Å². The first-order valence-corrected chi connectivity index (χ1v) is 7.58. The van der Waals surface area contributed by atoms with E-state index in [1.165, 1.54) is 28.8 Å². The Morgan fingerprint density at radius 3 is 2.32 bits per heavy atom. The average Bonchev–Trinajstić information content (AvgIpc) is 2.95. The van der Waals surface area contributed by atoms with Gasteiger partial charge in [-0.3, -0.25) is 4.57 Å². The molecule has 3 nitrogen and oxygen atoms in total. The number of hydrogen-bond donors (Lipinski definition) is 1. The zero-order chi connectivity index (χ0) is 18.2. The van der Waals surface area contributed by atoms with Crippen molar-refractivity contribution in [1.29, 1.82) is 0 Å². The number of alkyl halides is 3. The zero-order valence-corrected chi connectivity index (χ0v) is 13.2. The van der Waals surface area contributed by atoms with E-state index in [4.69, 9.17) is 0 Å². The van der Waals surface area contributed by atoms with Crippen LogP contribution in [-0.4, -0.2) is 9.55 Å². The zero-order valence-electron chi connectivity index (χ0n) is 13.2. The van der Waals surface area contributed by atoms with Gasteiger partial charge in [0.25, 0.3) is 0 Å². The van der Waals surface area contributed by atoms with Crippen LogP contribution in [0.1, 0.15) is 18.2 Å². The first kappa shape index (κ1) is 17.0. The van der Waals surface area contributed by atoms with E-state index in [9.17, 15) is 22.4 Å². The smallest absolute Gasteiger partial charge is 0.310 e. The van der Waals surface area contributed by atoms with Gasteiger partial charge in [0.1, 0.15) is 5.82 Å². The molecule has 0 bridgehead atoms. The van der Waals surface area contributed by atoms with Gasteiger partial charge in [-0.25, -0.2) is 9.18 Å². The third-order valence-corrected chi connectivity index (χ3v) is 3.90. The Bertz CT molecular complexity index is 952. The van der Waals surface area contributed by atoms with Gasteiger partial charge in [-0.15, -0.1) is 0 Å². The molecule has 0 aliphatic rings. The highest BCUT2D eigenvalue weighted by atomic mass is 19.4. The van der Waals surface area contributed by atoms with E-state index in [0.29, 0.717) is 12.1 Å². The van der Waals surface area contributed by atoms with Gasteiger partial charge in [0.15, 0.2) is 0 Å². The number of aromatic amines is 1. The van der Waals surface area contributed by atoms with Crippen molar-refractivity contribution in [2.75, 3.05) is 0 Å². The van der Waals surface area contributed by atoms with Crippen LogP contribution in [-0.2, 0) is 12.6 Å². The number of hydrogen-bond acceptors (Lipinski definition) is 1. The topological polar surface area (TPSA) is 37.8 Å². The number of imidazole rings is 1. The molecule has 1 N–H and O–H groups in total. The molecule has 130 valence electrons. The van der Waals surface area contributed by atoms with Crippen molar-refractivity contribution in [3.05, 3.63) is 76.2 Å². The van der Waals surface area contributed by atoms with Crippen LogP contribution >= 0.6 is 0 Å². The summed E-state index contributed by atoms with van der Waals surface area (Å²) in [6.45, 7) is 1.86. The van der Waals surface area contributed by atoms with Crippen LogP contribution in [0.5, 0.6) is 0 Å². The van der Waals surface area contributed by atoms with Gasteiger partial charge in [0.2, 0.25) is 0 Å². The Morgan fingerprint density at radius 2 is 1.76 bits per heavy atom. The molecule has 0 atom stereocenters. The molecule has 7 heteroatoms. The number of aromatic nitrogens is 2. The van der Waals surface area contributed by atoms with Gasteiger partial charge in [0, 0.05) is 17.5 Å². The van der Waals surface area contributed by atoms with Gasteiger partial charge in [-0.2, -0.15) is 13.2 Å². The summed E-state index contributed by atoms with van der Waals surface area (Å²) in [6, 6.07) is 8.38. The number of nitrogens with one attached hydrogen (secondary N) is 1. The molecule has 0 spiro atoms. The number of halogens is 4. The quantitative estimate of drug-likeness (QED) is 0.691. The molecule has 25 heavy (non-hydrogen) atoms. The molecule has 1 aromatic heterocycles. The maximum absolute atomic E-state index is 14.4. The lowest BCUT2D eigenvalue weighted by Gasteiger charge is -2.12. The van der Waals surface area contributed by atoms with E-state index >= 15 is 0 Å². The third-order valence-electron chi connectivity index (χ3n) is 3.90. The molecule has 0 aliphatic heterocycles. The lowest BCUT2D eigenvalue weighted by molar-refractivity contribution is -0.137. The fraction of sp³-hybridized carbons (Fsp3) is 0.167. The van der Waals surface area contributed by atoms with Crippen molar-refractivity contribution < 1.29 is 17.6 Å². The van der Waals surface area contributed by atoms with E-state index in [1.54, 1.807) is 12.3 Å². The number of H-pyrrole nitrogens is 1. The Labute approximate surface area is 140 Å². The van der Waals surface area contributed by atoms with Crippen LogP contribution in [0.15, 0.2) is 53.5 Å². The normalized spacial score (nSPS) is 11.7. The van der Waals surface area contributed by atoms with Gasteiger partial charge in [-0.05, 0) is 36.2 Å². The van der Waals surface area contributed by atoms with E-state index < -0.39 is 23.2 Å². The number of nitrogens with zero attached hydrogens (tertiary/aromatic N) is 1. The summed E-state index contributed by atoms with van der Waals surface area (Å²) in [6.07, 6.45) is -2.32. The second kappa shape index (κ2) is 6.23. The van der Waals surface area contributed by atoms with Crippen molar-refractivity contribution in [2.24, 2.45) is 0 Å². The Balaban J connectivity index is 2.17. The van der Waals surface area contributed by atoms with Crippen LogP contribution in [0.2, 0.25) is 0 Å². The first-order chi connectivity index (χ1) is 11.8. The second-order valence-electron chi connectivity index (χ2n) is 5.52.